The Morgan fingerprint density at radius 1 is 1.12 bits per heavy atom. The minimum atomic E-state index is -0.299. The Morgan fingerprint density at radius 3 is 2.54 bits per heavy atom. The van der Waals surface area contributed by atoms with Gasteiger partial charge in [-0.1, -0.05) is 29.8 Å². The summed E-state index contributed by atoms with van der Waals surface area (Å²) in [6, 6.07) is 11.7. The number of halogens is 2. The zero-order chi connectivity index (χ0) is 19.1. The summed E-state index contributed by atoms with van der Waals surface area (Å²) in [4.78, 5) is 25.6. The maximum atomic E-state index is 13.5. The van der Waals surface area contributed by atoms with E-state index in [4.69, 9.17) is 11.6 Å². The van der Waals surface area contributed by atoms with Gasteiger partial charge in [-0.3, -0.25) is 14.5 Å². The van der Waals surface area contributed by atoms with Gasteiger partial charge in [0.15, 0.2) is 0 Å². The lowest BCUT2D eigenvalue weighted by Crippen LogP contribution is -2.38. The van der Waals surface area contributed by atoms with Crippen LogP contribution in [0.1, 0.15) is 11.1 Å². The predicted molar refractivity (Wildman–Crippen MR) is 101 cm³/mol. The molecule has 0 aliphatic carbocycles. The van der Waals surface area contributed by atoms with Crippen molar-refractivity contribution in [1.29, 1.82) is 0 Å². The molecule has 0 unspecified atom stereocenters. The van der Waals surface area contributed by atoms with E-state index in [1.165, 1.54) is 6.07 Å². The van der Waals surface area contributed by atoms with E-state index in [1.807, 2.05) is 0 Å². The molecule has 0 aliphatic rings. The quantitative estimate of drug-likeness (QED) is 0.779. The van der Waals surface area contributed by atoms with Crippen LogP contribution in [0.25, 0.3) is 0 Å². The van der Waals surface area contributed by atoms with E-state index >= 15 is 0 Å². The Bertz CT molecular complexity index is 798. The van der Waals surface area contributed by atoms with Crippen LogP contribution >= 0.6 is 11.6 Å². The highest BCUT2D eigenvalue weighted by molar-refractivity contribution is 6.30. The smallest absolute Gasteiger partial charge is 0.238 e. The van der Waals surface area contributed by atoms with Gasteiger partial charge in [0.25, 0.3) is 0 Å². The second kappa shape index (κ2) is 9.31. The molecule has 0 spiro atoms. The van der Waals surface area contributed by atoms with Crippen molar-refractivity contribution in [3.05, 3.63) is 64.4 Å². The Morgan fingerprint density at radius 2 is 1.85 bits per heavy atom. The number of hydrogen-bond acceptors (Lipinski definition) is 3. The van der Waals surface area contributed by atoms with Crippen LogP contribution in [0.2, 0.25) is 5.02 Å². The number of hydrogen-bond donors (Lipinski definition) is 2. The fourth-order valence-corrected chi connectivity index (χ4v) is 2.51. The summed E-state index contributed by atoms with van der Waals surface area (Å²) in [7, 11) is 1.67. The number of aryl methyl sites for hydroxylation is 1. The van der Waals surface area contributed by atoms with Gasteiger partial charge < -0.3 is 10.6 Å². The van der Waals surface area contributed by atoms with Gasteiger partial charge in [-0.15, -0.1) is 0 Å². The molecule has 0 saturated heterocycles. The first-order valence-electron chi connectivity index (χ1n) is 8.09. The molecule has 26 heavy (non-hydrogen) atoms. The van der Waals surface area contributed by atoms with Crippen molar-refractivity contribution >= 4 is 29.1 Å². The molecule has 0 fully saturated rings. The van der Waals surface area contributed by atoms with Crippen molar-refractivity contribution in [1.82, 2.24) is 10.2 Å². The van der Waals surface area contributed by atoms with E-state index in [9.17, 15) is 14.0 Å². The molecule has 0 atom stereocenters. The average molecular weight is 378 g/mol. The van der Waals surface area contributed by atoms with E-state index in [0.717, 1.165) is 0 Å². The molecule has 2 amide bonds. The molecule has 0 saturated carbocycles. The summed E-state index contributed by atoms with van der Waals surface area (Å²) in [5, 5.41) is 5.96. The molecule has 7 heteroatoms. The monoisotopic (exact) mass is 377 g/mol. The molecule has 5 nitrogen and oxygen atoms in total. The minimum absolute atomic E-state index is 0.0529. The Labute approximate surface area is 157 Å². The van der Waals surface area contributed by atoms with Gasteiger partial charge in [-0.2, -0.15) is 0 Å². The van der Waals surface area contributed by atoms with Gasteiger partial charge in [0.05, 0.1) is 13.1 Å². The minimum Gasteiger partial charge on any atom is -0.351 e. The fourth-order valence-electron chi connectivity index (χ4n) is 2.32. The van der Waals surface area contributed by atoms with E-state index in [0.29, 0.717) is 21.8 Å². The lowest BCUT2D eigenvalue weighted by atomic mass is 10.1. The third kappa shape index (κ3) is 6.46. The molecule has 2 aromatic rings. The first-order chi connectivity index (χ1) is 12.3. The molecule has 0 heterocycles. The number of anilines is 1. The van der Waals surface area contributed by atoms with Crippen LogP contribution in [-0.2, 0) is 16.1 Å². The van der Waals surface area contributed by atoms with Crippen LogP contribution in [0.3, 0.4) is 0 Å². The van der Waals surface area contributed by atoms with Crippen molar-refractivity contribution in [2.45, 2.75) is 13.5 Å². The van der Waals surface area contributed by atoms with Crippen molar-refractivity contribution in [2.24, 2.45) is 0 Å². The molecular formula is C19H21ClFN3O2. The number of benzene rings is 2. The summed E-state index contributed by atoms with van der Waals surface area (Å²) in [6.45, 7) is 2.02. The summed E-state index contributed by atoms with van der Waals surface area (Å²) >= 11 is 5.87. The highest BCUT2D eigenvalue weighted by Crippen LogP contribution is 2.14. The fraction of sp³-hybridized carbons (Fsp3) is 0.263. The van der Waals surface area contributed by atoms with E-state index in [1.54, 1.807) is 55.3 Å². The van der Waals surface area contributed by atoms with Gasteiger partial charge >= 0.3 is 0 Å². The van der Waals surface area contributed by atoms with Gasteiger partial charge in [-0.25, -0.2) is 4.39 Å². The molecule has 0 radical (unpaired) electrons. The number of nitrogens with zero attached hydrogens (tertiary/aromatic N) is 1. The maximum absolute atomic E-state index is 13.5. The van der Waals surface area contributed by atoms with Crippen molar-refractivity contribution in [3.63, 3.8) is 0 Å². The first kappa shape index (κ1) is 19.9. The number of carbonyl (C=O) groups is 2. The number of carbonyl (C=O) groups excluding carboxylic acids is 2. The largest absolute Gasteiger partial charge is 0.351 e. The highest BCUT2D eigenvalue weighted by atomic mass is 35.5. The molecule has 2 N–H and O–H groups in total. The number of rotatable bonds is 7. The van der Waals surface area contributed by atoms with Crippen LogP contribution < -0.4 is 10.6 Å². The third-order valence-corrected chi connectivity index (χ3v) is 3.90. The highest BCUT2D eigenvalue weighted by Gasteiger charge is 2.11. The topological polar surface area (TPSA) is 61.4 Å². The van der Waals surface area contributed by atoms with Crippen LogP contribution in [-0.4, -0.2) is 36.9 Å². The predicted octanol–water partition coefficient (Wildman–Crippen LogP) is 2.97. The van der Waals surface area contributed by atoms with Crippen LogP contribution in [0.4, 0.5) is 10.1 Å². The third-order valence-electron chi connectivity index (χ3n) is 3.66. The normalized spacial score (nSPS) is 10.7. The van der Waals surface area contributed by atoms with Crippen molar-refractivity contribution in [3.8, 4) is 0 Å². The molecule has 0 bridgehead atoms. The van der Waals surface area contributed by atoms with Gasteiger partial charge in [-0.05, 0) is 49.4 Å². The van der Waals surface area contributed by atoms with E-state index in [-0.39, 0.29) is 37.3 Å². The lowest BCUT2D eigenvalue weighted by molar-refractivity contribution is -0.123. The van der Waals surface area contributed by atoms with E-state index < -0.39 is 0 Å². The zero-order valence-corrected chi connectivity index (χ0v) is 15.4. The Hall–Kier alpha value is -2.44. The van der Waals surface area contributed by atoms with Crippen molar-refractivity contribution in [2.75, 3.05) is 25.5 Å². The molecule has 2 aromatic carbocycles. The summed E-state index contributed by atoms with van der Waals surface area (Å²) in [5.74, 6) is -0.793. The van der Waals surface area contributed by atoms with E-state index in [2.05, 4.69) is 10.6 Å². The average Bonchev–Trinajstić information content (AvgIpc) is 2.55. The maximum Gasteiger partial charge on any atom is 0.238 e. The molecule has 2 rings (SSSR count). The van der Waals surface area contributed by atoms with Crippen LogP contribution in [0.15, 0.2) is 42.5 Å². The number of likely N-dealkylation sites (N-methyl/N-ethyl adjacent to an activating group) is 1. The number of amides is 2. The van der Waals surface area contributed by atoms with Gasteiger partial charge in [0.2, 0.25) is 11.8 Å². The Balaban J connectivity index is 1.75. The standard InChI is InChI=1S/C19H21ClFN3O2/c1-13-6-7-14(8-17(13)21)10-22-18(25)11-24(2)12-19(26)23-16-5-3-4-15(20)9-16/h3-9H,10-12H2,1-2H3,(H,22,25)(H,23,26). The molecule has 138 valence electrons. The van der Waals surface area contributed by atoms with Crippen LogP contribution in [0, 0.1) is 12.7 Å². The second-order valence-corrected chi connectivity index (χ2v) is 6.53. The second-order valence-electron chi connectivity index (χ2n) is 6.09. The summed E-state index contributed by atoms with van der Waals surface area (Å²) in [6.07, 6.45) is 0. The first-order valence-corrected chi connectivity index (χ1v) is 8.47. The van der Waals surface area contributed by atoms with Gasteiger partial charge in [0.1, 0.15) is 5.82 Å². The summed E-state index contributed by atoms with van der Waals surface area (Å²) in [5.41, 5.74) is 1.84. The zero-order valence-electron chi connectivity index (χ0n) is 14.7. The molecule has 0 aliphatic heterocycles. The Kier molecular flexibility index (Phi) is 7.12. The SMILES string of the molecule is Cc1ccc(CNC(=O)CN(C)CC(=O)Nc2cccc(Cl)c2)cc1F. The van der Waals surface area contributed by atoms with Crippen LogP contribution in [0.5, 0.6) is 0 Å². The summed E-state index contributed by atoms with van der Waals surface area (Å²) < 4.78 is 13.5. The molecule has 0 aromatic heterocycles. The lowest BCUT2D eigenvalue weighted by Gasteiger charge is -2.16. The van der Waals surface area contributed by atoms with Crippen molar-refractivity contribution < 1.29 is 14.0 Å². The number of nitrogens with one attached hydrogen (secondary N) is 2. The molecular weight excluding hydrogens is 357 g/mol. The van der Waals surface area contributed by atoms with Gasteiger partial charge in [0, 0.05) is 17.3 Å².